The molecule has 0 aromatic carbocycles. The van der Waals surface area contributed by atoms with Gasteiger partial charge in [0.05, 0.1) is 23.8 Å². The summed E-state index contributed by atoms with van der Waals surface area (Å²) in [6, 6.07) is 0.307. The molecule has 0 amide bonds. The minimum absolute atomic E-state index is 0.307. The number of aromatic nitrogens is 4. The van der Waals surface area contributed by atoms with E-state index in [0.717, 1.165) is 49.1 Å². The number of hydrogen-bond acceptors (Lipinski definition) is 5. The Balaban J connectivity index is 1.55. The Labute approximate surface area is 153 Å². The third-order valence-corrected chi connectivity index (χ3v) is 5.34. The third-order valence-electron chi connectivity index (χ3n) is 4.29. The monoisotopic (exact) mass is 361 g/mol. The maximum atomic E-state index is 4.64. The Bertz CT molecular complexity index is 731. The van der Waals surface area contributed by atoms with Gasteiger partial charge in [-0.25, -0.2) is 14.6 Å². The number of aryl methyl sites for hydroxylation is 2. The van der Waals surface area contributed by atoms with E-state index in [1.54, 1.807) is 18.4 Å². The van der Waals surface area contributed by atoms with Crippen LogP contribution in [-0.2, 0) is 25.9 Å². The molecule has 2 aromatic heterocycles. The molecule has 1 aliphatic rings. The molecule has 0 saturated carbocycles. The van der Waals surface area contributed by atoms with Crippen LogP contribution in [0.5, 0.6) is 0 Å². The summed E-state index contributed by atoms with van der Waals surface area (Å²) >= 11 is 1.71. The van der Waals surface area contributed by atoms with E-state index in [-0.39, 0.29) is 0 Å². The summed E-state index contributed by atoms with van der Waals surface area (Å²) in [5, 5.41) is 14.8. The minimum atomic E-state index is 0.307. The molecule has 0 aliphatic carbocycles. The normalized spacial score (nSPS) is 17.6. The highest BCUT2D eigenvalue weighted by atomic mass is 32.1. The van der Waals surface area contributed by atoms with Crippen molar-refractivity contribution in [2.24, 2.45) is 4.99 Å². The van der Waals surface area contributed by atoms with Gasteiger partial charge in [-0.05, 0) is 12.8 Å². The predicted octanol–water partition coefficient (Wildman–Crippen LogP) is 2.10. The second-order valence-corrected chi connectivity index (χ2v) is 7.56. The van der Waals surface area contributed by atoms with Crippen molar-refractivity contribution in [1.29, 1.82) is 0 Å². The maximum absolute atomic E-state index is 4.64. The highest BCUT2D eigenvalue weighted by Crippen LogP contribution is 2.17. The van der Waals surface area contributed by atoms with Crippen molar-refractivity contribution in [2.75, 3.05) is 7.05 Å². The lowest BCUT2D eigenvalue weighted by Gasteiger charge is -2.25. The molecule has 3 heterocycles. The van der Waals surface area contributed by atoms with Crippen molar-refractivity contribution in [3.05, 3.63) is 27.7 Å². The first-order valence-corrected chi connectivity index (χ1v) is 9.81. The second kappa shape index (κ2) is 7.95. The SMILES string of the molecule is CCc1nc(CNC(=NC)NC2CCc3nc(C(C)C)nn3C2)cs1. The van der Waals surface area contributed by atoms with E-state index in [2.05, 4.69) is 56.8 Å². The van der Waals surface area contributed by atoms with Crippen LogP contribution in [0.4, 0.5) is 0 Å². The number of thiazole rings is 1. The van der Waals surface area contributed by atoms with Crippen molar-refractivity contribution in [1.82, 2.24) is 30.4 Å². The molecule has 1 unspecified atom stereocenters. The van der Waals surface area contributed by atoms with Crippen LogP contribution in [-0.4, -0.2) is 38.8 Å². The smallest absolute Gasteiger partial charge is 0.191 e. The van der Waals surface area contributed by atoms with Crippen LogP contribution in [0.2, 0.25) is 0 Å². The number of aliphatic imine (C=N–C) groups is 1. The first-order valence-electron chi connectivity index (χ1n) is 8.93. The summed E-state index contributed by atoms with van der Waals surface area (Å²) in [6.07, 6.45) is 2.96. The van der Waals surface area contributed by atoms with E-state index in [9.17, 15) is 0 Å². The molecule has 0 spiro atoms. The molecule has 2 aromatic rings. The molecule has 8 heteroatoms. The fourth-order valence-electron chi connectivity index (χ4n) is 2.85. The largest absolute Gasteiger partial charge is 0.352 e. The molecule has 0 radical (unpaired) electrons. The Kier molecular flexibility index (Phi) is 5.67. The van der Waals surface area contributed by atoms with Gasteiger partial charge in [-0.1, -0.05) is 20.8 Å². The van der Waals surface area contributed by atoms with Crippen LogP contribution < -0.4 is 10.6 Å². The number of nitrogens with zero attached hydrogens (tertiary/aromatic N) is 5. The number of guanidine groups is 1. The molecule has 0 saturated heterocycles. The van der Waals surface area contributed by atoms with Crippen LogP contribution in [0.3, 0.4) is 0 Å². The van der Waals surface area contributed by atoms with Crippen LogP contribution in [0.1, 0.15) is 55.5 Å². The van der Waals surface area contributed by atoms with Crippen LogP contribution in [0, 0.1) is 0 Å². The van der Waals surface area contributed by atoms with Crippen molar-refractivity contribution < 1.29 is 0 Å². The van der Waals surface area contributed by atoms with Gasteiger partial charge in [-0.2, -0.15) is 5.10 Å². The van der Waals surface area contributed by atoms with Gasteiger partial charge in [-0.15, -0.1) is 11.3 Å². The quantitative estimate of drug-likeness (QED) is 0.630. The summed E-state index contributed by atoms with van der Waals surface area (Å²) in [5.74, 6) is 3.21. The Morgan fingerprint density at radius 2 is 2.28 bits per heavy atom. The molecule has 2 N–H and O–H groups in total. The van der Waals surface area contributed by atoms with Crippen LogP contribution in [0.25, 0.3) is 0 Å². The molecule has 0 fully saturated rings. The lowest BCUT2D eigenvalue weighted by molar-refractivity contribution is 0.391. The summed E-state index contributed by atoms with van der Waals surface area (Å²) in [5.41, 5.74) is 1.06. The lowest BCUT2D eigenvalue weighted by atomic mass is 10.1. The van der Waals surface area contributed by atoms with E-state index in [1.165, 1.54) is 5.01 Å². The zero-order valence-corrected chi connectivity index (χ0v) is 16.2. The van der Waals surface area contributed by atoms with Gasteiger partial charge in [-0.3, -0.25) is 4.99 Å². The average molecular weight is 362 g/mol. The van der Waals surface area contributed by atoms with E-state index >= 15 is 0 Å². The van der Waals surface area contributed by atoms with Crippen LogP contribution in [0.15, 0.2) is 10.4 Å². The van der Waals surface area contributed by atoms with Crippen molar-refractivity contribution >= 4 is 17.3 Å². The van der Waals surface area contributed by atoms with Gasteiger partial charge in [0.15, 0.2) is 11.8 Å². The van der Waals surface area contributed by atoms with Gasteiger partial charge in [0.2, 0.25) is 0 Å². The van der Waals surface area contributed by atoms with Crippen molar-refractivity contribution in [2.45, 2.75) is 65.1 Å². The number of nitrogens with one attached hydrogen (secondary N) is 2. The van der Waals surface area contributed by atoms with Gasteiger partial charge in [0.25, 0.3) is 0 Å². The van der Waals surface area contributed by atoms with E-state index in [1.807, 2.05) is 4.68 Å². The van der Waals surface area contributed by atoms with Gasteiger partial charge in [0.1, 0.15) is 5.82 Å². The fourth-order valence-corrected chi connectivity index (χ4v) is 3.59. The molecule has 25 heavy (non-hydrogen) atoms. The Hall–Kier alpha value is -1.96. The molecular formula is C17H27N7S. The molecule has 1 atom stereocenters. The van der Waals surface area contributed by atoms with E-state index < -0.39 is 0 Å². The topological polar surface area (TPSA) is 80.0 Å². The summed E-state index contributed by atoms with van der Waals surface area (Å²) in [4.78, 5) is 13.6. The maximum Gasteiger partial charge on any atom is 0.191 e. The van der Waals surface area contributed by atoms with Crippen LogP contribution >= 0.6 is 11.3 Å². The standard InChI is InChI=1S/C17H27N7S/c1-5-15-20-13(10-25-15)8-19-17(18-4)21-12-6-7-14-22-16(11(2)3)23-24(14)9-12/h10-12H,5-9H2,1-4H3,(H2,18,19,21). The summed E-state index contributed by atoms with van der Waals surface area (Å²) < 4.78 is 2.04. The van der Waals surface area contributed by atoms with E-state index in [0.29, 0.717) is 18.5 Å². The molecule has 136 valence electrons. The second-order valence-electron chi connectivity index (χ2n) is 6.61. The first-order chi connectivity index (χ1) is 12.1. The van der Waals surface area contributed by atoms with Gasteiger partial charge < -0.3 is 10.6 Å². The number of fused-ring (bicyclic) bond motifs is 1. The first kappa shape index (κ1) is 17.8. The summed E-state index contributed by atoms with van der Waals surface area (Å²) in [7, 11) is 1.80. The molecule has 7 nitrogen and oxygen atoms in total. The molecule has 1 aliphatic heterocycles. The average Bonchev–Trinajstić information content (AvgIpc) is 3.24. The van der Waals surface area contributed by atoms with Crippen molar-refractivity contribution in [3.63, 3.8) is 0 Å². The Morgan fingerprint density at radius 1 is 1.44 bits per heavy atom. The predicted molar refractivity (Wildman–Crippen MR) is 101 cm³/mol. The summed E-state index contributed by atoms with van der Waals surface area (Å²) in [6.45, 7) is 7.90. The van der Waals surface area contributed by atoms with Gasteiger partial charge in [0, 0.05) is 30.8 Å². The van der Waals surface area contributed by atoms with Gasteiger partial charge >= 0.3 is 0 Å². The van der Waals surface area contributed by atoms with E-state index in [4.69, 9.17) is 0 Å². The number of rotatable bonds is 5. The Morgan fingerprint density at radius 3 is 2.96 bits per heavy atom. The molecule has 0 bridgehead atoms. The zero-order valence-electron chi connectivity index (χ0n) is 15.4. The number of hydrogen-bond donors (Lipinski definition) is 2. The highest BCUT2D eigenvalue weighted by molar-refractivity contribution is 7.09. The zero-order chi connectivity index (χ0) is 17.8. The minimum Gasteiger partial charge on any atom is -0.352 e. The molecular weight excluding hydrogens is 334 g/mol. The lowest BCUT2D eigenvalue weighted by Crippen LogP contribution is -2.46. The van der Waals surface area contributed by atoms with Crippen molar-refractivity contribution in [3.8, 4) is 0 Å². The highest BCUT2D eigenvalue weighted by Gasteiger charge is 2.23. The third kappa shape index (κ3) is 4.36. The fraction of sp³-hybridized carbons (Fsp3) is 0.647. The molecule has 3 rings (SSSR count).